The first-order valence-electron chi connectivity index (χ1n) is 11.2. The second-order valence-electron chi connectivity index (χ2n) is 8.04. The Morgan fingerprint density at radius 3 is 2.56 bits per heavy atom. The van der Waals surface area contributed by atoms with Crippen LogP contribution in [0.25, 0.3) is 0 Å². The Morgan fingerprint density at radius 1 is 1.06 bits per heavy atom. The predicted molar refractivity (Wildman–Crippen MR) is 129 cm³/mol. The summed E-state index contributed by atoms with van der Waals surface area (Å²) in [7, 11) is 3.06. The lowest BCUT2D eigenvalue weighted by molar-refractivity contribution is -0.139. The molecule has 0 spiro atoms. The summed E-state index contributed by atoms with van der Waals surface area (Å²) in [6.07, 6.45) is 0.0215. The zero-order chi connectivity index (χ0) is 24.1. The van der Waals surface area contributed by atoms with Crippen LogP contribution in [0.5, 0.6) is 17.2 Å². The van der Waals surface area contributed by atoms with Crippen molar-refractivity contribution in [3.05, 3.63) is 83.4 Å². The van der Waals surface area contributed by atoms with Crippen molar-refractivity contribution in [3.63, 3.8) is 0 Å². The third-order valence-electron chi connectivity index (χ3n) is 5.78. The molecule has 0 aromatic heterocycles. The minimum absolute atomic E-state index is 0.0453. The molecular formula is C27H28N2O5. The number of anilines is 1. The van der Waals surface area contributed by atoms with Gasteiger partial charge in [0.05, 0.1) is 19.8 Å². The zero-order valence-corrected chi connectivity index (χ0v) is 19.5. The van der Waals surface area contributed by atoms with E-state index in [2.05, 4.69) is 5.32 Å². The third kappa shape index (κ3) is 4.98. The number of carbonyl (C=O) groups excluding carboxylic acids is 2. The first kappa shape index (κ1) is 23.2. The van der Waals surface area contributed by atoms with Crippen molar-refractivity contribution >= 4 is 17.5 Å². The second kappa shape index (κ2) is 10.3. The van der Waals surface area contributed by atoms with Crippen molar-refractivity contribution in [1.82, 2.24) is 4.90 Å². The summed E-state index contributed by atoms with van der Waals surface area (Å²) in [5.41, 5.74) is 2.87. The van der Waals surface area contributed by atoms with Crippen molar-refractivity contribution in [2.45, 2.75) is 32.5 Å². The maximum absolute atomic E-state index is 13.1. The SMILES string of the molecule is CC[C@@H]1Oc2ccc(NC(=O)c3ccc(OC)cc3OC)cc2CN(Cc2ccccc2)C1=O. The number of methoxy groups -OCH3 is 2. The van der Waals surface area contributed by atoms with Gasteiger partial charge in [0.1, 0.15) is 17.2 Å². The summed E-state index contributed by atoms with van der Waals surface area (Å²) in [6.45, 7) is 2.80. The van der Waals surface area contributed by atoms with Crippen LogP contribution in [-0.2, 0) is 17.9 Å². The highest BCUT2D eigenvalue weighted by molar-refractivity contribution is 6.06. The van der Waals surface area contributed by atoms with Crippen LogP contribution >= 0.6 is 0 Å². The molecule has 1 atom stereocenters. The van der Waals surface area contributed by atoms with E-state index in [9.17, 15) is 9.59 Å². The van der Waals surface area contributed by atoms with E-state index in [1.54, 1.807) is 42.3 Å². The molecule has 1 aliphatic rings. The largest absolute Gasteiger partial charge is 0.497 e. The molecule has 0 saturated heterocycles. The van der Waals surface area contributed by atoms with Gasteiger partial charge in [0.25, 0.3) is 11.8 Å². The van der Waals surface area contributed by atoms with Crippen LogP contribution < -0.4 is 19.5 Å². The zero-order valence-electron chi connectivity index (χ0n) is 19.5. The minimum atomic E-state index is -0.547. The van der Waals surface area contributed by atoms with E-state index in [4.69, 9.17) is 14.2 Å². The molecule has 7 nitrogen and oxygen atoms in total. The topological polar surface area (TPSA) is 77.1 Å². The van der Waals surface area contributed by atoms with Crippen molar-refractivity contribution in [1.29, 1.82) is 0 Å². The predicted octanol–water partition coefficient (Wildman–Crippen LogP) is 4.66. The first-order chi connectivity index (χ1) is 16.5. The standard InChI is InChI=1S/C27H28N2O5/c1-4-23-27(31)29(16-18-8-6-5-7-9-18)17-19-14-20(10-13-24(19)34-23)28-26(30)22-12-11-21(32-2)15-25(22)33-3/h5-15,23H,4,16-17H2,1-3H3,(H,28,30)/t23-/m0/s1. The van der Waals surface area contributed by atoms with Crippen molar-refractivity contribution in [3.8, 4) is 17.2 Å². The molecule has 3 aromatic carbocycles. The average Bonchev–Trinajstić information content (AvgIpc) is 3.00. The summed E-state index contributed by atoms with van der Waals surface area (Å²) in [4.78, 5) is 27.9. The molecule has 2 amide bonds. The number of hydrogen-bond donors (Lipinski definition) is 1. The fourth-order valence-corrected chi connectivity index (χ4v) is 3.97. The number of fused-ring (bicyclic) bond motifs is 1. The number of hydrogen-bond acceptors (Lipinski definition) is 5. The number of nitrogens with one attached hydrogen (secondary N) is 1. The quantitative estimate of drug-likeness (QED) is 0.555. The molecule has 7 heteroatoms. The van der Waals surface area contributed by atoms with Crippen LogP contribution in [0.4, 0.5) is 5.69 Å². The molecule has 0 fully saturated rings. The van der Waals surface area contributed by atoms with Gasteiger partial charge >= 0.3 is 0 Å². The molecule has 4 rings (SSSR count). The summed E-state index contributed by atoms with van der Waals surface area (Å²) >= 11 is 0. The number of amides is 2. The molecule has 0 bridgehead atoms. The molecule has 0 aliphatic carbocycles. The van der Waals surface area contributed by atoms with Gasteiger partial charge in [-0.3, -0.25) is 9.59 Å². The van der Waals surface area contributed by atoms with E-state index in [1.165, 1.54) is 7.11 Å². The molecule has 3 aromatic rings. The molecule has 0 radical (unpaired) electrons. The van der Waals surface area contributed by atoms with Gasteiger partial charge in [-0.15, -0.1) is 0 Å². The molecule has 1 heterocycles. The molecule has 1 aliphatic heterocycles. The lowest BCUT2D eigenvalue weighted by Gasteiger charge is -2.23. The van der Waals surface area contributed by atoms with Gasteiger partial charge in [-0.25, -0.2) is 0 Å². The van der Waals surface area contributed by atoms with E-state index >= 15 is 0 Å². The maximum atomic E-state index is 13.1. The van der Waals surface area contributed by atoms with E-state index in [-0.39, 0.29) is 11.8 Å². The Bertz CT molecular complexity index is 1180. The normalized spacial score (nSPS) is 15.1. The lowest BCUT2D eigenvalue weighted by atomic mass is 10.1. The molecule has 0 unspecified atom stereocenters. The first-order valence-corrected chi connectivity index (χ1v) is 11.2. The third-order valence-corrected chi connectivity index (χ3v) is 5.78. The second-order valence-corrected chi connectivity index (χ2v) is 8.04. The maximum Gasteiger partial charge on any atom is 0.264 e. The van der Waals surface area contributed by atoms with E-state index < -0.39 is 6.10 Å². The number of carbonyl (C=O) groups is 2. The summed E-state index contributed by atoms with van der Waals surface area (Å²) in [5, 5.41) is 2.92. The van der Waals surface area contributed by atoms with E-state index in [1.807, 2.05) is 43.3 Å². The fraction of sp³-hybridized carbons (Fsp3) is 0.259. The minimum Gasteiger partial charge on any atom is -0.497 e. The van der Waals surface area contributed by atoms with Crippen LogP contribution in [0.15, 0.2) is 66.7 Å². The Hall–Kier alpha value is -4.00. The van der Waals surface area contributed by atoms with Crippen LogP contribution in [-0.4, -0.2) is 37.0 Å². The monoisotopic (exact) mass is 460 g/mol. The lowest BCUT2D eigenvalue weighted by Crippen LogP contribution is -2.38. The molecule has 176 valence electrons. The van der Waals surface area contributed by atoms with Crippen LogP contribution in [0.2, 0.25) is 0 Å². The Balaban J connectivity index is 1.59. The Kier molecular flexibility index (Phi) is 7.01. The molecule has 1 N–H and O–H groups in total. The van der Waals surface area contributed by atoms with E-state index in [0.717, 1.165) is 11.1 Å². The summed E-state index contributed by atoms with van der Waals surface area (Å²) < 4.78 is 16.6. The summed E-state index contributed by atoms with van der Waals surface area (Å²) in [6, 6.07) is 20.3. The smallest absolute Gasteiger partial charge is 0.264 e. The molecular weight excluding hydrogens is 432 g/mol. The summed E-state index contributed by atoms with van der Waals surface area (Å²) in [5.74, 6) is 1.31. The van der Waals surface area contributed by atoms with Gasteiger partial charge in [-0.2, -0.15) is 0 Å². The number of benzene rings is 3. The highest BCUT2D eigenvalue weighted by Gasteiger charge is 2.30. The van der Waals surface area contributed by atoms with Crippen molar-refractivity contribution in [2.75, 3.05) is 19.5 Å². The van der Waals surface area contributed by atoms with Gasteiger partial charge in [0.15, 0.2) is 6.10 Å². The van der Waals surface area contributed by atoms with Gasteiger partial charge in [-0.1, -0.05) is 37.3 Å². The van der Waals surface area contributed by atoms with Crippen LogP contribution in [0.3, 0.4) is 0 Å². The Morgan fingerprint density at radius 2 is 1.85 bits per heavy atom. The number of nitrogens with zero attached hydrogens (tertiary/aromatic N) is 1. The highest BCUT2D eigenvalue weighted by Crippen LogP contribution is 2.31. The van der Waals surface area contributed by atoms with Crippen LogP contribution in [0, 0.1) is 0 Å². The highest BCUT2D eigenvalue weighted by atomic mass is 16.5. The number of ether oxygens (including phenoxy) is 3. The van der Waals surface area contributed by atoms with Crippen LogP contribution in [0.1, 0.15) is 34.8 Å². The van der Waals surface area contributed by atoms with Gasteiger partial charge in [-0.05, 0) is 42.3 Å². The van der Waals surface area contributed by atoms with Crippen molar-refractivity contribution < 1.29 is 23.8 Å². The molecule has 34 heavy (non-hydrogen) atoms. The average molecular weight is 461 g/mol. The van der Waals surface area contributed by atoms with Crippen molar-refractivity contribution in [2.24, 2.45) is 0 Å². The Labute approximate surface area is 199 Å². The van der Waals surface area contributed by atoms with Gasteiger partial charge in [0.2, 0.25) is 0 Å². The fourth-order valence-electron chi connectivity index (χ4n) is 3.97. The van der Waals surface area contributed by atoms with Gasteiger partial charge in [0, 0.05) is 30.4 Å². The van der Waals surface area contributed by atoms with Gasteiger partial charge < -0.3 is 24.4 Å². The van der Waals surface area contributed by atoms with E-state index in [0.29, 0.717) is 48.0 Å². The number of rotatable bonds is 7. The molecule has 0 saturated carbocycles.